The number of nitrogens with zero attached hydrogens (tertiary/aromatic N) is 2. The van der Waals surface area contributed by atoms with Crippen LogP contribution in [0.2, 0.25) is 5.02 Å². The van der Waals surface area contributed by atoms with Crippen LogP contribution in [0.1, 0.15) is 5.69 Å². The van der Waals surface area contributed by atoms with Gasteiger partial charge in [-0.25, -0.2) is 4.98 Å². The Morgan fingerprint density at radius 1 is 1.57 bits per heavy atom. The molecule has 2 aromatic rings. The average Bonchev–Trinajstić information content (AvgIpc) is 2.80. The van der Waals surface area contributed by atoms with Crippen molar-refractivity contribution in [1.82, 2.24) is 9.55 Å². The Balaban J connectivity index is 1.94. The highest BCUT2D eigenvalue weighted by molar-refractivity contribution is 9.10. The number of aromatic nitrogens is 2. The van der Waals surface area contributed by atoms with E-state index in [4.69, 9.17) is 16.7 Å². The van der Waals surface area contributed by atoms with Crippen LogP contribution in [-0.4, -0.2) is 26.3 Å². The van der Waals surface area contributed by atoms with Crippen LogP contribution in [-0.2, 0) is 18.4 Å². The molecule has 1 amide bonds. The number of nitrogens with one attached hydrogen (secondary N) is 1. The van der Waals surface area contributed by atoms with Crippen molar-refractivity contribution >= 4 is 50.9 Å². The number of hydrogen-bond acceptors (Lipinski definition) is 4. The number of carbonyl (C=O) groups is 1. The molecule has 112 valence electrons. The molecular formula is C13H13BrClN3O2S. The highest BCUT2D eigenvalue weighted by atomic mass is 79.9. The van der Waals surface area contributed by atoms with E-state index in [2.05, 4.69) is 26.2 Å². The maximum Gasteiger partial charge on any atom is 0.234 e. The smallest absolute Gasteiger partial charge is 0.234 e. The van der Waals surface area contributed by atoms with Gasteiger partial charge in [0.2, 0.25) is 5.91 Å². The van der Waals surface area contributed by atoms with Gasteiger partial charge in [0.05, 0.1) is 35.0 Å². The molecule has 8 heteroatoms. The predicted octanol–water partition coefficient (Wildman–Crippen LogP) is 3.06. The molecule has 1 heterocycles. The van der Waals surface area contributed by atoms with Crippen molar-refractivity contribution in [3.05, 3.63) is 39.6 Å². The van der Waals surface area contributed by atoms with Crippen LogP contribution in [0.4, 0.5) is 5.69 Å². The van der Waals surface area contributed by atoms with Gasteiger partial charge in [-0.15, -0.1) is 0 Å². The van der Waals surface area contributed by atoms with Gasteiger partial charge in [0.25, 0.3) is 0 Å². The van der Waals surface area contributed by atoms with E-state index in [-0.39, 0.29) is 18.3 Å². The number of benzene rings is 1. The lowest BCUT2D eigenvalue weighted by atomic mass is 10.3. The lowest BCUT2D eigenvalue weighted by Crippen LogP contribution is -2.14. The zero-order valence-corrected chi connectivity index (χ0v) is 14.3. The number of aliphatic hydroxyl groups is 1. The van der Waals surface area contributed by atoms with Gasteiger partial charge in [0, 0.05) is 11.5 Å². The van der Waals surface area contributed by atoms with Crippen molar-refractivity contribution in [3.63, 3.8) is 0 Å². The van der Waals surface area contributed by atoms with Gasteiger partial charge in [0.1, 0.15) is 0 Å². The lowest BCUT2D eigenvalue weighted by molar-refractivity contribution is -0.113. The van der Waals surface area contributed by atoms with Crippen molar-refractivity contribution in [2.24, 2.45) is 7.05 Å². The summed E-state index contributed by atoms with van der Waals surface area (Å²) in [6.45, 7) is -0.0786. The number of aliphatic hydroxyl groups excluding tert-OH is 1. The molecule has 0 saturated carbocycles. The van der Waals surface area contributed by atoms with Gasteiger partial charge in [-0.05, 0) is 18.2 Å². The number of amides is 1. The van der Waals surface area contributed by atoms with Crippen molar-refractivity contribution in [1.29, 1.82) is 0 Å². The highest BCUT2D eigenvalue weighted by Crippen LogP contribution is 2.26. The quantitative estimate of drug-likeness (QED) is 0.770. The van der Waals surface area contributed by atoms with E-state index < -0.39 is 0 Å². The van der Waals surface area contributed by atoms with Crippen molar-refractivity contribution in [3.8, 4) is 0 Å². The molecule has 0 aliphatic heterocycles. The summed E-state index contributed by atoms with van der Waals surface area (Å²) in [6, 6.07) is 5.26. The van der Waals surface area contributed by atoms with Gasteiger partial charge in [-0.2, -0.15) is 0 Å². The molecule has 0 atom stereocenters. The van der Waals surface area contributed by atoms with Crippen molar-refractivity contribution in [2.75, 3.05) is 11.1 Å². The molecule has 0 aliphatic rings. The van der Waals surface area contributed by atoms with Crippen LogP contribution in [0.25, 0.3) is 0 Å². The lowest BCUT2D eigenvalue weighted by Gasteiger charge is -2.07. The Labute approximate surface area is 139 Å². The fraction of sp³-hybridized carbons (Fsp3) is 0.231. The summed E-state index contributed by atoms with van der Waals surface area (Å²) in [5.41, 5.74) is 1.27. The Bertz CT molecular complexity index is 663. The molecule has 0 radical (unpaired) electrons. The molecule has 0 fully saturated rings. The molecule has 0 spiro atoms. The average molecular weight is 391 g/mol. The maximum absolute atomic E-state index is 11.9. The van der Waals surface area contributed by atoms with Crippen molar-refractivity contribution in [2.45, 2.75) is 11.8 Å². The summed E-state index contributed by atoms with van der Waals surface area (Å²) >= 11 is 10.6. The monoisotopic (exact) mass is 389 g/mol. The molecular weight excluding hydrogens is 378 g/mol. The zero-order valence-electron chi connectivity index (χ0n) is 11.1. The van der Waals surface area contributed by atoms with Gasteiger partial charge >= 0.3 is 0 Å². The standard InChI is InChI=1S/C13H13BrClN3O2S/c1-18-9(6-19)5-16-13(18)21-7-12(20)17-11-3-2-8(14)4-10(11)15/h2-5,19H,6-7H2,1H3,(H,17,20). The van der Waals surface area contributed by atoms with Crippen molar-refractivity contribution < 1.29 is 9.90 Å². The minimum absolute atomic E-state index is 0.0786. The summed E-state index contributed by atoms with van der Waals surface area (Å²) in [4.78, 5) is 16.1. The molecule has 0 bridgehead atoms. The minimum atomic E-state index is -0.169. The van der Waals surface area contributed by atoms with E-state index in [0.29, 0.717) is 21.6 Å². The largest absolute Gasteiger partial charge is 0.390 e. The molecule has 0 aliphatic carbocycles. The number of carbonyl (C=O) groups excluding carboxylic acids is 1. The van der Waals surface area contributed by atoms with Gasteiger partial charge < -0.3 is 15.0 Å². The first-order valence-corrected chi connectivity index (χ1v) is 8.16. The predicted molar refractivity (Wildman–Crippen MR) is 87.6 cm³/mol. The van der Waals surface area contributed by atoms with Gasteiger partial charge in [-0.3, -0.25) is 4.79 Å². The second-order valence-corrected chi connectivity index (χ2v) is 6.48. The van der Waals surface area contributed by atoms with Crippen LogP contribution in [0.3, 0.4) is 0 Å². The molecule has 0 saturated heterocycles. The molecule has 1 aromatic carbocycles. The topological polar surface area (TPSA) is 67.1 Å². The van der Waals surface area contributed by atoms with E-state index >= 15 is 0 Å². The third-order valence-electron chi connectivity index (χ3n) is 2.74. The number of halogens is 2. The summed E-state index contributed by atoms with van der Waals surface area (Å²) in [5, 5.41) is 13.0. The van der Waals surface area contributed by atoms with E-state index in [9.17, 15) is 4.79 Å². The number of anilines is 1. The first-order valence-electron chi connectivity index (χ1n) is 6.00. The fourth-order valence-electron chi connectivity index (χ4n) is 1.61. The van der Waals surface area contributed by atoms with Gasteiger partial charge in [-0.1, -0.05) is 39.3 Å². The van der Waals surface area contributed by atoms with E-state index in [0.717, 1.165) is 4.47 Å². The van der Waals surface area contributed by atoms with Crippen LogP contribution in [0, 0.1) is 0 Å². The Kier molecular flexibility index (Phi) is 5.69. The van der Waals surface area contributed by atoms with Crippen LogP contribution < -0.4 is 5.32 Å². The van der Waals surface area contributed by atoms with E-state index in [1.165, 1.54) is 11.8 Å². The third-order valence-corrected chi connectivity index (χ3v) is 4.59. The number of rotatable bonds is 5. The number of hydrogen-bond donors (Lipinski definition) is 2. The van der Waals surface area contributed by atoms with Crippen LogP contribution >= 0.6 is 39.3 Å². The third kappa shape index (κ3) is 4.23. The first-order chi connectivity index (χ1) is 10.0. The maximum atomic E-state index is 11.9. The van der Waals surface area contributed by atoms with Crippen LogP contribution in [0.5, 0.6) is 0 Å². The molecule has 0 unspecified atom stereocenters. The molecule has 2 N–H and O–H groups in total. The highest BCUT2D eigenvalue weighted by Gasteiger charge is 2.10. The van der Waals surface area contributed by atoms with Gasteiger partial charge in [0.15, 0.2) is 5.16 Å². The van der Waals surface area contributed by atoms with E-state index in [1.807, 2.05) is 0 Å². The summed E-state index contributed by atoms with van der Waals surface area (Å²) in [5.74, 6) is 0.0417. The SMILES string of the molecule is Cn1c(CO)cnc1SCC(=O)Nc1ccc(Br)cc1Cl. The molecule has 1 aromatic heterocycles. The normalized spacial score (nSPS) is 10.7. The Hall–Kier alpha value is -1.02. The second-order valence-electron chi connectivity index (χ2n) is 4.21. The molecule has 21 heavy (non-hydrogen) atoms. The number of thioether (sulfide) groups is 1. The summed E-state index contributed by atoms with van der Waals surface area (Å²) < 4.78 is 2.61. The Morgan fingerprint density at radius 3 is 2.95 bits per heavy atom. The zero-order chi connectivity index (χ0) is 15.4. The second kappa shape index (κ2) is 7.31. The summed E-state index contributed by atoms with van der Waals surface area (Å²) in [7, 11) is 1.80. The Morgan fingerprint density at radius 2 is 2.33 bits per heavy atom. The molecule has 5 nitrogen and oxygen atoms in total. The van der Waals surface area contributed by atoms with E-state index in [1.54, 1.807) is 36.0 Å². The number of imidazole rings is 1. The van der Waals surface area contributed by atoms with Crippen LogP contribution in [0.15, 0.2) is 34.0 Å². The minimum Gasteiger partial charge on any atom is -0.390 e. The first kappa shape index (κ1) is 16.4. The summed E-state index contributed by atoms with van der Waals surface area (Å²) in [6.07, 6.45) is 1.59. The molecule has 2 rings (SSSR count). The fourth-order valence-corrected chi connectivity index (χ4v) is 3.11.